The predicted molar refractivity (Wildman–Crippen MR) is 101 cm³/mol. The number of halogens is 5. The van der Waals surface area contributed by atoms with Crippen LogP contribution in [0.3, 0.4) is 0 Å². The van der Waals surface area contributed by atoms with E-state index in [1.807, 2.05) is 0 Å². The highest BCUT2D eigenvalue weighted by atomic mass is 19.4. The number of carbonyl (C=O) groups is 2. The summed E-state index contributed by atoms with van der Waals surface area (Å²) in [5.41, 5.74) is 4.82. The number of aromatic nitrogens is 1. The summed E-state index contributed by atoms with van der Waals surface area (Å²) >= 11 is 0. The molecule has 1 aliphatic heterocycles. The maximum Gasteiger partial charge on any atom is 0.414 e. The Bertz CT molecular complexity index is 1050. The molecule has 0 spiro atoms. The molecule has 1 aliphatic rings. The Kier molecular flexibility index (Phi) is 6.35. The van der Waals surface area contributed by atoms with Crippen molar-refractivity contribution < 1.29 is 41.0 Å². The number of ether oxygens (including phenoxy) is 2. The summed E-state index contributed by atoms with van der Waals surface area (Å²) in [6.45, 7) is 1.19. The average Bonchev–Trinajstić information content (AvgIpc) is 3.07. The number of benzene rings is 1. The smallest absolute Gasteiger partial charge is 0.414 e. The van der Waals surface area contributed by atoms with Gasteiger partial charge >= 0.3 is 6.18 Å². The second-order valence-corrected chi connectivity index (χ2v) is 7.17. The lowest BCUT2D eigenvalue weighted by Gasteiger charge is -2.24. The molecule has 1 fully saturated rings. The van der Waals surface area contributed by atoms with Crippen molar-refractivity contribution in [1.29, 1.82) is 0 Å². The van der Waals surface area contributed by atoms with Crippen molar-refractivity contribution in [3.63, 3.8) is 0 Å². The Labute approximate surface area is 178 Å². The second-order valence-electron chi connectivity index (χ2n) is 7.17. The number of carbonyl (C=O) groups excluding carboxylic acids is 2. The van der Waals surface area contributed by atoms with Crippen LogP contribution in [0.15, 0.2) is 30.5 Å². The lowest BCUT2D eigenvalue weighted by Crippen LogP contribution is -2.35. The molecule has 2 amide bonds. The minimum Gasteiger partial charge on any atom is -0.493 e. The number of hydrogen-bond acceptors (Lipinski definition) is 5. The molecule has 1 aromatic carbocycles. The first-order valence-corrected chi connectivity index (χ1v) is 9.26. The number of anilines is 1. The van der Waals surface area contributed by atoms with Gasteiger partial charge in [-0.1, -0.05) is 13.0 Å². The lowest BCUT2D eigenvalue weighted by atomic mass is 9.81. The van der Waals surface area contributed by atoms with Gasteiger partial charge in [-0.25, -0.2) is 4.39 Å². The van der Waals surface area contributed by atoms with Crippen LogP contribution >= 0.6 is 0 Å². The quantitative estimate of drug-likeness (QED) is 0.669. The largest absolute Gasteiger partial charge is 0.493 e. The maximum absolute atomic E-state index is 14.3. The zero-order valence-corrected chi connectivity index (χ0v) is 16.7. The van der Waals surface area contributed by atoms with E-state index in [0.717, 1.165) is 25.3 Å². The number of nitrogens with two attached hydrogens (primary N) is 1. The lowest BCUT2D eigenvalue weighted by molar-refractivity contribution is -0.221. The minimum atomic E-state index is -4.83. The predicted octanol–water partition coefficient (Wildman–Crippen LogP) is 3.16. The Morgan fingerprint density at radius 2 is 1.91 bits per heavy atom. The highest BCUT2D eigenvalue weighted by Gasteiger charge is 2.57. The van der Waals surface area contributed by atoms with E-state index in [1.54, 1.807) is 0 Å². The molecule has 3 N–H and O–H groups in total. The molecule has 12 heteroatoms. The van der Waals surface area contributed by atoms with Crippen molar-refractivity contribution in [2.24, 2.45) is 11.7 Å². The Morgan fingerprint density at radius 1 is 1.22 bits per heavy atom. The van der Waals surface area contributed by atoms with Gasteiger partial charge in [-0.2, -0.15) is 17.6 Å². The molecular weight excluding hydrogens is 441 g/mol. The molecule has 32 heavy (non-hydrogen) atoms. The first kappa shape index (κ1) is 23.4. The van der Waals surface area contributed by atoms with Crippen LogP contribution in [-0.2, 0) is 9.53 Å². The number of rotatable bonds is 5. The van der Waals surface area contributed by atoms with Crippen molar-refractivity contribution in [2.75, 3.05) is 12.4 Å². The molecule has 0 radical (unpaired) electrons. The zero-order valence-electron chi connectivity index (χ0n) is 16.7. The number of hydrogen-bond donors (Lipinski definition) is 2. The van der Waals surface area contributed by atoms with E-state index in [2.05, 4.69) is 10.3 Å². The van der Waals surface area contributed by atoms with Gasteiger partial charge in [0.2, 0.25) is 5.82 Å². The van der Waals surface area contributed by atoms with E-state index in [1.165, 1.54) is 19.2 Å². The summed E-state index contributed by atoms with van der Waals surface area (Å²) in [5.74, 6) is -7.83. The second kappa shape index (κ2) is 8.69. The van der Waals surface area contributed by atoms with Crippen LogP contribution in [0, 0.1) is 17.6 Å². The fourth-order valence-corrected chi connectivity index (χ4v) is 3.75. The summed E-state index contributed by atoms with van der Waals surface area (Å²) in [6.07, 6.45) is -7.74. The number of amides is 2. The monoisotopic (exact) mass is 459 g/mol. The number of nitrogens with one attached hydrogen (secondary N) is 1. The molecule has 0 unspecified atom stereocenters. The van der Waals surface area contributed by atoms with Crippen LogP contribution in [0.25, 0.3) is 0 Å². The molecule has 0 saturated carbocycles. The summed E-state index contributed by atoms with van der Waals surface area (Å²) in [7, 11) is 1.03. The van der Waals surface area contributed by atoms with E-state index in [4.69, 9.17) is 15.2 Å². The van der Waals surface area contributed by atoms with Gasteiger partial charge in [0.05, 0.1) is 7.11 Å². The van der Waals surface area contributed by atoms with Crippen LogP contribution in [0.2, 0.25) is 0 Å². The van der Waals surface area contributed by atoms with E-state index in [0.29, 0.717) is 0 Å². The fourth-order valence-electron chi connectivity index (χ4n) is 3.75. The SMILES string of the molecule is COc1c([C@@H]2[C@@H](C)[C@@H](C(F)(F)F)O[C@@H]2C(=O)Nc2ccnc(C(N)=O)c2)ccc(F)c1F. The molecule has 172 valence electrons. The van der Waals surface area contributed by atoms with Gasteiger partial charge in [-0.05, 0) is 18.2 Å². The van der Waals surface area contributed by atoms with E-state index < -0.39 is 59.4 Å². The molecule has 0 bridgehead atoms. The molecule has 2 aromatic rings. The number of pyridine rings is 1. The van der Waals surface area contributed by atoms with Crippen molar-refractivity contribution in [3.05, 3.63) is 53.4 Å². The first-order chi connectivity index (χ1) is 15.0. The minimum absolute atomic E-state index is 0.0292. The molecule has 2 heterocycles. The van der Waals surface area contributed by atoms with Crippen molar-refractivity contribution in [2.45, 2.75) is 31.2 Å². The summed E-state index contributed by atoms with van der Waals surface area (Å²) < 4.78 is 78.5. The van der Waals surface area contributed by atoms with Crippen molar-refractivity contribution in [1.82, 2.24) is 4.98 Å². The average molecular weight is 459 g/mol. The van der Waals surface area contributed by atoms with Crippen LogP contribution < -0.4 is 15.8 Å². The van der Waals surface area contributed by atoms with Gasteiger partial charge in [-0.15, -0.1) is 0 Å². The molecule has 3 rings (SSSR count). The van der Waals surface area contributed by atoms with E-state index in [-0.39, 0.29) is 16.9 Å². The third-order valence-corrected chi connectivity index (χ3v) is 5.17. The number of methoxy groups -OCH3 is 1. The van der Waals surface area contributed by atoms with E-state index in [9.17, 15) is 31.5 Å². The van der Waals surface area contributed by atoms with Crippen LogP contribution in [0.1, 0.15) is 28.9 Å². The van der Waals surface area contributed by atoms with E-state index >= 15 is 0 Å². The molecule has 4 atom stereocenters. The summed E-state index contributed by atoms with van der Waals surface area (Å²) in [4.78, 5) is 27.9. The van der Waals surface area contributed by atoms with Gasteiger partial charge in [0.1, 0.15) is 11.8 Å². The Balaban J connectivity index is 2.02. The number of primary amides is 1. The highest BCUT2D eigenvalue weighted by Crippen LogP contribution is 2.49. The third-order valence-electron chi connectivity index (χ3n) is 5.17. The molecular formula is C20H18F5N3O4. The van der Waals surface area contributed by atoms with Gasteiger partial charge in [0.25, 0.3) is 11.8 Å². The van der Waals surface area contributed by atoms with Gasteiger partial charge < -0.3 is 20.5 Å². The van der Waals surface area contributed by atoms with Crippen LogP contribution in [-0.4, -0.2) is 42.3 Å². The summed E-state index contributed by atoms with van der Waals surface area (Å²) in [5, 5.41) is 2.35. The summed E-state index contributed by atoms with van der Waals surface area (Å²) in [6, 6.07) is 4.21. The van der Waals surface area contributed by atoms with Gasteiger partial charge in [-0.3, -0.25) is 14.6 Å². The molecule has 0 aliphatic carbocycles. The first-order valence-electron chi connectivity index (χ1n) is 9.26. The van der Waals surface area contributed by atoms with Gasteiger partial charge in [0.15, 0.2) is 17.7 Å². The third kappa shape index (κ3) is 4.35. The zero-order chi connectivity index (χ0) is 23.8. The fraction of sp³-hybridized carbons (Fsp3) is 0.350. The van der Waals surface area contributed by atoms with Crippen LogP contribution in [0.5, 0.6) is 5.75 Å². The normalized spacial score (nSPS) is 23.1. The highest BCUT2D eigenvalue weighted by molar-refractivity contribution is 5.97. The van der Waals surface area contributed by atoms with Crippen LogP contribution in [0.4, 0.5) is 27.6 Å². The molecule has 1 saturated heterocycles. The Hall–Kier alpha value is -3.28. The molecule has 7 nitrogen and oxygen atoms in total. The van der Waals surface area contributed by atoms with Gasteiger partial charge in [0, 0.05) is 29.3 Å². The molecule has 1 aromatic heterocycles. The standard InChI is InChI=1S/C20H18F5N3O4/c1-8-13(10-3-4-11(21)14(22)15(10)31-2)16(32-17(8)20(23,24)25)19(30)28-9-5-6-27-12(7-9)18(26)29/h3-8,13,16-17H,1-2H3,(H2,26,29)(H,27,28,30)/t8-,13+,16+,17+/m1/s1. The topological polar surface area (TPSA) is 104 Å². The number of alkyl halides is 3. The number of nitrogens with zero attached hydrogens (tertiary/aromatic N) is 1. The van der Waals surface area contributed by atoms with Crippen molar-refractivity contribution in [3.8, 4) is 5.75 Å². The maximum atomic E-state index is 14.3. The van der Waals surface area contributed by atoms with Crippen molar-refractivity contribution >= 4 is 17.5 Å². The Morgan fingerprint density at radius 3 is 2.50 bits per heavy atom.